The van der Waals surface area contributed by atoms with Gasteiger partial charge in [-0.15, -0.1) is 0 Å². The van der Waals surface area contributed by atoms with Gasteiger partial charge < -0.3 is 15.0 Å². The van der Waals surface area contributed by atoms with E-state index in [0.29, 0.717) is 19.6 Å². The number of ether oxygens (including phenoxy) is 1. The molecule has 1 aromatic carbocycles. The maximum atomic E-state index is 12.4. The number of carbonyl (C=O) groups excluding carboxylic acids is 1. The first-order valence-electron chi connectivity index (χ1n) is 7.33. The number of nitrogens with one attached hydrogen (secondary N) is 1. The maximum Gasteiger partial charge on any atom is 0.223 e. The molecule has 2 rings (SSSR count). The first-order chi connectivity index (χ1) is 9.72. The van der Waals surface area contributed by atoms with Crippen molar-refractivity contribution in [2.75, 3.05) is 26.7 Å². The summed E-state index contributed by atoms with van der Waals surface area (Å²) in [5.41, 5.74) is 1.15. The molecular formula is C16H24N2O2. The van der Waals surface area contributed by atoms with Crippen LogP contribution in [0.15, 0.2) is 30.3 Å². The van der Waals surface area contributed by atoms with Gasteiger partial charge in [0.1, 0.15) is 0 Å². The minimum atomic E-state index is 0.0504. The fourth-order valence-electron chi connectivity index (χ4n) is 2.59. The molecule has 1 amide bonds. The largest absolute Gasteiger partial charge is 0.374 e. The molecule has 110 valence electrons. The molecule has 1 fully saturated rings. The maximum absolute atomic E-state index is 12.4. The molecule has 0 aromatic heterocycles. The average Bonchev–Trinajstić information content (AvgIpc) is 2.48. The van der Waals surface area contributed by atoms with Crippen molar-refractivity contribution in [3.8, 4) is 0 Å². The van der Waals surface area contributed by atoms with Crippen molar-refractivity contribution in [3.63, 3.8) is 0 Å². The third kappa shape index (κ3) is 3.81. The quantitative estimate of drug-likeness (QED) is 0.836. The van der Waals surface area contributed by atoms with Gasteiger partial charge in [-0.2, -0.15) is 0 Å². The van der Waals surface area contributed by atoms with Gasteiger partial charge in [-0.05, 0) is 32.5 Å². The second-order valence-electron chi connectivity index (χ2n) is 5.32. The lowest BCUT2D eigenvalue weighted by Crippen LogP contribution is -2.46. The molecule has 0 aliphatic carbocycles. The molecule has 0 radical (unpaired) electrons. The fraction of sp³-hybridized carbons (Fsp3) is 0.562. The summed E-state index contributed by atoms with van der Waals surface area (Å²) in [5, 5.41) is 3.08. The lowest BCUT2D eigenvalue weighted by atomic mass is 10.0. The lowest BCUT2D eigenvalue weighted by Gasteiger charge is -2.39. The number of nitrogens with zero attached hydrogens (tertiary/aromatic N) is 1. The van der Waals surface area contributed by atoms with Gasteiger partial charge >= 0.3 is 0 Å². The summed E-state index contributed by atoms with van der Waals surface area (Å²) >= 11 is 0. The Labute approximate surface area is 121 Å². The minimum absolute atomic E-state index is 0.0504. The Morgan fingerprint density at radius 3 is 2.85 bits per heavy atom. The number of amides is 1. The van der Waals surface area contributed by atoms with E-state index in [1.54, 1.807) is 0 Å². The molecule has 0 saturated carbocycles. The Bertz CT molecular complexity index is 422. The predicted octanol–water partition coefficient (Wildman–Crippen LogP) is 1.97. The van der Waals surface area contributed by atoms with Gasteiger partial charge in [0.15, 0.2) is 0 Å². The van der Waals surface area contributed by atoms with Crippen LogP contribution in [0.4, 0.5) is 0 Å². The summed E-state index contributed by atoms with van der Waals surface area (Å²) in [4.78, 5) is 14.4. The number of benzene rings is 1. The molecule has 1 aliphatic rings. The van der Waals surface area contributed by atoms with E-state index in [1.807, 2.05) is 37.1 Å². The van der Waals surface area contributed by atoms with E-state index >= 15 is 0 Å². The average molecular weight is 276 g/mol. The molecule has 4 nitrogen and oxygen atoms in total. The number of rotatable bonds is 5. The number of hydrogen-bond donors (Lipinski definition) is 1. The van der Waals surface area contributed by atoms with Crippen molar-refractivity contribution >= 4 is 5.91 Å². The van der Waals surface area contributed by atoms with Gasteiger partial charge in [0.25, 0.3) is 0 Å². The lowest BCUT2D eigenvalue weighted by molar-refractivity contribution is -0.144. The fourth-order valence-corrected chi connectivity index (χ4v) is 2.59. The van der Waals surface area contributed by atoms with Crippen LogP contribution in [0.3, 0.4) is 0 Å². The Hall–Kier alpha value is -1.39. The predicted molar refractivity (Wildman–Crippen MR) is 79.5 cm³/mol. The zero-order valence-electron chi connectivity index (χ0n) is 12.3. The van der Waals surface area contributed by atoms with Crippen molar-refractivity contribution in [3.05, 3.63) is 35.9 Å². The van der Waals surface area contributed by atoms with Crippen LogP contribution in [0, 0.1) is 0 Å². The summed E-state index contributed by atoms with van der Waals surface area (Å²) in [6.45, 7) is 4.16. The molecule has 0 bridgehead atoms. The third-order valence-corrected chi connectivity index (χ3v) is 3.69. The third-order valence-electron chi connectivity index (χ3n) is 3.69. The Morgan fingerprint density at radius 2 is 2.15 bits per heavy atom. The zero-order valence-corrected chi connectivity index (χ0v) is 12.3. The van der Waals surface area contributed by atoms with E-state index < -0.39 is 0 Å². The summed E-state index contributed by atoms with van der Waals surface area (Å²) in [5.74, 6) is 0.226. The van der Waals surface area contributed by atoms with Crippen LogP contribution in [0.1, 0.15) is 31.4 Å². The second kappa shape index (κ2) is 7.41. The molecule has 2 unspecified atom stereocenters. The molecule has 1 heterocycles. The van der Waals surface area contributed by atoms with Gasteiger partial charge in [-0.25, -0.2) is 0 Å². The molecule has 1 saturated heterocycles. The summed E-state index contributed by atoms with van der Waals surface area (Å²) in [6, 6.07) is 10.2. The monoisotopic (exact) mass is 276 g/mol. The normalized spacial score (nSPS) is 22.8. The number of morpholine rings is 1. The number of hydrogen-bond acceptors (Lipinski definition) is 3. The molecule has 0 spiro atoms. The van der Waals surface area contributed by atoms with Crippen LogP contribution in [0.25, 0.3) is 0 Å². The zero-order chi connectivity index (χ0) is 14.4. The van der Waals surface area contributed by atoms with Crippen LogP contribution in [-0.4, -0.2) is 43.7 Å². The van der Waals surface area contributed by atoms with E-state index in [4.69, 9.17) is 4.74 Å². The highest BCUT2D eigenvalue weighted by Gasteiger charge is 2.30. The van der Waals surface area contributed by atoms with Gasteiger partial charge in [0, 0.05) is 13.0 Å². The van der Waals surface area contributed by atoms with Crippen LogP contribution < -0.4 is 5.32 Å². The van der Waals surface area contributed by atoms with Crippen molar-refractivity contribution in [2.45, 2.75) is 31.9 Å². The van der Waals surface area contributed by atoms with Gasteiger partial charge in [0.05, 0.1) is 18.8 Å². The second-order valence-corrected chi connectivity index (χ2v) is 5.32. The topological polar surface area (TPSA) is 41.6 Å². The summed E-state index contributed by atoms with van der Waals surface area (Å²) in [7, 11) is 1.91. The molecule has 4 heteroatoms. The molecule has 20 heavy (non-hydrogen) atoms. The van der Waals surface area contributed by atoms with Crippen LogP contribution in [0.2, 0.25) is 0 Å². The van der Waals surface area contributed by atoms with Crippen LogP contribution in [-0.2, 0) is 9.53 Å². The highest BCUT2D eigenvalue weighted by molar-refractivity contribution is 5.77. The van der Waals surface area contributed by atoms with Crippen molar-refractivity contribution in [1.29, 1.82) is 0 Å². The Kier molecular flexibility index (Phi) is 5.56. The molecular weight excluding hydrogens is 252 g/mol. The van der Waals surface area contributed by atoms with Crippen molar-refractivity contribution in [2.24, 2.45) is 0 Å². The molecule has 2 atom stereocenters. The molecule has 1 aromatic rings. The highest BCUT2D eigenvalue weighted by atomic mass is 16.5. The van der Waals surface area contributed by atoms with Crippen molar-refractivity contribution in [1.82, 2.24) is 10.2 Å². The highest BCUT2D eigenvalue weighted by Crippen LogP contribution is 2.26. The van der Waals surface area contributed by atoms with Crippen LogP contribution >= 0.6 is 0 Å². The Balaban J connectivity index is 2.06. The summed E-state index contributed by atoms with van der Waals surface area (Å²) < 4.78 is 5.74. The van der Waals surface area contributed by atoms with E-state index in [-0.39, 0.29) is 18.1 Å². The van der Waals surface area contributed by atoms with E-state index in [1.165, 1.54) is 0 Å². The minimum Gasteiger partial charge on any atom is -0.374 e. The van der Waals surface area contributed by atoms with Gasteiger partial charge in [-0.1, -0.05) is 30.3 Å². The van der Waals surface area contributed by atoms with E-state index in [0.717, 1.165) is 18.5 Å². The first-order valence-corrected chi connectivity index (χ1v) is 7.33. The number of carbonyl (C=O) groups is 1. The smallest absolute Gasteiger partial charge is 0.223 e. The standard InChI is InChI=1S/C16H24N2O2/c1-13-11-18(16(19)9-6-10-17-2)15(12-20-13)14-7-4-3-5-8-14/h3-5,7-8,13,15,17H,6,9-12H2,1-2H3. The van der Waals surface area contributed by atoms with Gasteiger partial charge in [0.2, 0.25) is 5.91 Å². The Morgan fingerprint density at radius 1 is 1.40 bits per heavy atom. The van der Waals surface area contributed by atoms with Gasteiger partial charge in [-0.3, -0.25) is 4.79 Å². The molecule has 1 aliphatic heterocycles. The van der Waals surface area contributed by atoms with Crippen LogP contribution in [0.5, 0.6) is 0 Å². The molecule has 1 N–H and O–H groups in total. The van der Waals surface area contributed by atoms with Crippen molar-refractivity contribution < 1.29 is 9.53 Å². The SMILES string of the molecule is CNCCCC(=O)N1CC(C)OCC1c1ccccc1. The first kappa shape index (κ1) is 15.0. The summed E-state index contributed by atoms with van der Waals surface area (Å²) in [6.07, 6.45) is 1.59. The van der Waals surface area contributed by atoms with E-state index in [2.05, 4.69) is 17.4 Å². The van der Waals surface area contributed by atoms with E-state index in [9.17, 15) is 4.79 Å².